The predicted molar refractivity (Wildman–Crippen MR) is 81.6 cm³/mol. The Hall–Kier alpha value is -1.69. The van der Waals surface area contributed by atoms with Gasteiger partial charge in [-0.25, -0.2) is 4.98 Å². The van der Waals surface area contributed by atoms with Crippen molar-refractivity contribution in [3.05, 3.63) is 39.4 Å². The van der Waals surface area contributed by atoms with Gasteiger partial charge in [0.1, 0.15) is 6.54 Å². The monoisotopic (exact) mass is 337 g/mol. The number of hydrogen-bond acceptors (Lipinski definition) is 3. The Labute approximate surface area is 125 Å². The molecule has 2 aromatic rings. The molecule has 0 bridgehead atoms. The molecule has 20 heavy (non-hydrogen) atoms. The summed E-state index contributed by atoms with van der Waals surface area (Å²) in [5, 5.41) is 3.29. The summed E-state index contributed by atoms with van der Waals surface area (Å²) in [4.78, 5) is 28.2. The van der Waals surface area contributed by atoms with Gasteiger partial charge < -0.3 is 5.32 Å². The molecule has 2 rings (SSSR count). The zero-order valence-electron chi connectivity index (χ0n) is 11.4. The number of carbonyl (C=O) groups excluding carboxylic acids is 1. The standard InChI is InChI=1S/C14H16BrN3O2/c1-9(2)6-16-13(19)7-18-8-17-12-5-10(15)3-4-11(12)14(18)20/h3-5,8-9H,6-7H2,1-2H3,(H,16,19). The molecule has 0 saturated carbocycles. The highest BCUT2D eigenvalue weighted by atomic mass is 79.9. The Morgan fingerprint density at radius 3 is 2.90 bits per heavy atom. The smallest absolute Gasteiger partial charge is 0.261 e. The van der Waals surface area contributed by atoms with Crippen molar-refractivity contribution >= 4 is 32.7 Å². The minimum Gasteiger partial charge on any atom is -0.354 e. The molecule has 0 aliphatic rings. The van der Waals surface area contributed by atoms with Crippen molar-refractivity contribution in [2.75, 3.05) is 6.54 Å². The van der Waals surface area contributed by atoms with Crippen molar-refractivity contribution in [3.63, 3.8) is 0 Å². The van der Waals surface area contributed by atoms with Crippen LogP contribution in [-0.4, -0.2) is 22.0 Å². The van der Waals surface area contributed by atoms with Gasteiger partial charge in [0.2, 0.25) is 5.91 Å². The summed E-state index contributed by atoms with van der Waals surface area (Å²) in [6.07, 6.45) is 1.41. The Morgan fingerprint density at radius 2 is 2.20 bits per heavy atom. The van der Waals surface area contributed by atoms with Crippen LogP contribution in [0.25, 0.3) is 10.9 Å². The molecule has 0 aliphatic carbocycles. The molecular formula is C14H16BrN3O2. The van der Waals surface area contributed by atoms with Crippen LogP contribution in [0.2, 0.25) is 0 Å². The highest BCUT2D eigenvalue weighted by molar-refractivity contribution is 9.10. The lowest BCUT2D eigenvalue weighted by molar-refractivity contribution is -0.121. The second kappa shape index (κ2) is 6.17. The number of carbonyl (C=O) groups is 1. The third-order valence-electron chi connectivity index (χ3n) is 2.81. The van der Waals surface area contributed by atoms with Gasteiger partial charge in [0.25, 0.3) is 5.56 Å². The van der Waals surface area contributed by atoms with Crippen molar-refractivity contribution in [3.8, 4) is 0 Å². The number of benzene rings is 1. The zero-order valence-corrected chi connectivity index (χ0v) is 13.0. The average molecular weight is 338 g/mol. The van der Waals surface area contributed by atoms with E-state index in [2.05, 4.69) is 26.2 Å². The Balaban J connectivity index is 2.23. The maximum atomic E-state index is 12.2. The van der Waals surface area contributed by atoms with Crippen molar-refractivity contribution in [2.45, 2.75) is 20.4 Å². The molecule has 1 aromatic carbocycles. The molecule has 1 aromatic heterocycles. The average Bonchev–Trinajstić information content (AvgIpc) is 2.39. The van der Waals surface area contributed by atoms with E-state index in [-0.39, 0.29) is 18.0 Å². The Bertz CT molecular complexity index is 694. The fraction of sp³-hybridized carbons (Fsp3) is 0.357. The van der Waals surface area contributed by atoms with Crippen LogP contribution in [0.1, 0.15) is 13.8 Å². The minimum atomic E-state index is -0.206. The summed E-state index contributed by atoms with van der Waals surface area (Å²) in [5.74, 6) is 0.196. The molecule has 0 aliphatic heterocycles. The lowest BCUT2D eigenvalue weighted by Gasteiger charge is -2.09. The van der Waals surface area contributed by atoms with Gasteiger partial charge in [-0.2, -0.15) is 0 Å². The fourth-order valence-electron chi connectivity index (χ4n) is 1.77. The van der Waals surface area contributed by atoms with Gasteiger partial charge in [0.05, 0.1) is 17.2 Å². The Kier molecular flexibility index (Phi) is 4.54. The summed E-state index contributed by atoms with van der Waals surface area (Å²) >= 11 is 3.34. The van der Waals surface area contributed by atoms with Crippen LogP contribution in [0, 0.1) is 5.92 Å². The molecule has 0 saturated heterocycles. The number of rotatable bonds is 4. The number of nitrogens with zero attached hydrogens (tertiary/aromatic N) is 2. The van der Waals surface area contributed by atoms with Gasteiger partial charge >= 0.3 is 0 Å². The van der Waals surface area contributed by atoms with E-state index in [1.807, 2.05) is 13.8 Å². The summed E-state index contributed by atoms with van der Waals surface area (Å²) in [6.45, 7) is 4.62. The highest BCUT2D eigenvalue weighted by Crippen LogP contribution is 2.14. The van der Waals surface area contributed by atoms with Gasteiger partial charge in [-0.15, -0.1) is 0 Å². The SMILES string of the molecule is CC(C)CNC(=O)Cn1cnc2cc(Br)ccc2c1=O. The lowest BCUT2D eigenvalue weighted by Crippen LogP contribution is -2.34. The van der Waals surface area contributed by atoms with E-state index >= 15 is 0 Å². The van der Waals surface area contributed by atoms with Crippen molar-refractivity contribution in [2.24, 2.45) is 5.92 Å². The molecule has 0 fully saturated rings. The van der Waals surface area contributed by atoms with E-state index in [4.69, 9.17) is 0 Å². The van der Waals surface area contributed by atoms with Crippen LogP contribution in [0.5, 0.6) is 0 Å². The third kappa shape index (κ3) is 3.45. The molecule has 0 unspecified atom stereocenters. The van der Waals surface area contributed by atoms with Gasteiger partial charge in [-0.1, -0.05) is 29.8 Å². The molecule has 5 nitrogen and oxygen atoms in total. The van der Waals surface area contributed by atoms with Crippen molar-refractivity contribution in [1.29, 1.82) is 0 Å². The normalized spacial score (nSPS) is 11.0. The first-order valence-electron chi connectivity index (χ1n) is 6.39. The number of fused-ring (bicyclic) bond motifs is 1. The van der Waals surface area contributed by atoms with Crippen LogP contribution in [0.3, 0.4) is 0 Å². The fourth-order valence-corrected chi connectivity index (χ4v) is 2.12. The molecule has 1 heterocycles. The summed E-state index contributed by atoms with van der Waals surface area (Å²) < 4.78 is 2.19. The van der Waals surface area contributed by atoms with Crippen LogP contribution < -0.4 is 10.9 Å². The van der Waals surface area contributed by atoms with E-state index in [1.165, 1.54) is 10.9 Å². The molecule has 0 spiro atoms. The van der Waals surface area contributed by atoms with Crippen molar-refractivity contribution < 1.29 is 4.79 Å². The first-order valence-corrected chi connectivity index (χ1v) is 7.18. The number of hydrogen-bond donors (Lipinski definition) is 1. The van der Waals surface area contributed by atoms with Crippen molar-refractivity contribution in [1.82, 2.24) is 14.9 Å². The lowest BCUT2D eigenvalue weighted by atomic mass is 10.2. The number of halogens is 1. The summed E-state index contributed by atoms with van der Waals surface area (Å²) in [7, 11) is 0. The maximum absolute atomic E-state index is 12.2. The number of aromatic nitrogens is 2. The minimum absolute atomic E-state index is 0.00937. The van der Waals surface area contributed by atoms with Gasteiger partial charge in [0.15, 0.2) is 0 Å². The third-order valence-corrected chi connectivity index (χ3v) is 3.30. The van der Waals surface area contributed by atoms with Crippen LogP contribution >= 0.6 is 15.9 Å². The van der Waals surface area contributed by atoms with Crippen LogP contribution in [-0.2, 0) is 11.3 Å². The van der Waals surface area contributed by atoms with Crippen LogP contribution in [0.15, 0.2) is 33.8 Å². The quantitative estimate of drug-likeness (QED) is 0.927. The summed E-state index contributed by atoms with van der Waals surface area (Å²) in [6, 6.07) is 5.27. The molecule has 6 heteroatoms. The largest absolute Gasteiger partial charge is 0.354 e. The molecule has 1 amide bonds. The van der Waals surface area contributed by atoms with E-state index < -0.39 is 0 Å². The first-order chi connectivity index (χ1) is 9.47. The van der Waals surface area contributed by atoms with E-state index in [1.54, 1.807) is 18.2 Å². The zero-order chi connectivity index (χ0) is 14.7. The molecule has 0 atom stereocenters. The summed E-state index contributed by atoms with van der Waals surface area (Å²) in [5.41, 5.74) is 0.408. The highest BCUT2D eigenvalue weighted by Gasteiger charge is 2.08. The predicted octanol–water partition coefficient (Wildman–Crippen LogP) is 1.93. The first kappa shape index (κ1) is 14.7. The Morgan fingerprint density at radius 1 is 1.45 bits per heavy atom. The van der Waals surface area contributed by atoms with E-state index in [0.29, 0.717) is 23.4 Å². The molecule has 1 N–H and O–H groups in total. The topological polar surface area (TPSA) is 64.0 Å². The molecular weight excluding hydrogens is 322 g/mol. The van der Waals surface area contributed by atoms with E-state index in [9.17, 15) is 9.59 Å². The second-order valence-electron chi connectivity index (χ2n) is 5.04. The van der Waals surface area contributed by atoms with Gasteiger partial charge in [0, 0.05) is 11.0 Å². The molecule has 106 valence electrons. The van der Waals surface area contributed by atoms with Gasteiger partial charge in [-0.05, 0) is 24.1 Å². The molecule has 0 radical (unpaired) electrons. The second-order valence-corrected chi connectivity index (χ2v) is 5.95. The maximum Gasteiger partial charge on any atom is 0.261 e. The van der Waals surface area contributed by atoms with Crippen LogP contribution in [0.4, 0.5) is 0 Å². The number of nitrogens with one attached hydrogen (secondary N) is 1. The number of amides is 1. The van der Waals surface area contributed by atoms with Gasteiger partial charge in [-0.3, -0.25) is 14.2 Å². The van der Waals surface area contributed by atoms with E-state index in [0.717, 1.165) is 4.47 Å².